The Balaban J connectivity index is 1.75. The summed E-state index contributed by atoms with van der Waals surface area (Å²) in [5.41, 5.74) is 5.72. The van der Waals surface area contributed by atoms with E-state index in [4.69, 9.17) is 22.1 Å². The van der Waals surface area contributed by atoms with Crippen molar-refractivity contribution in [2.75, 3.05) is 26.2 Å². The van der Waals surface area contributed by atoms with Crippen LogP contribution in [-0.2, 0) is 0 Å². The van der Waals surface area contributed by atoms with Gasteiger partial charge < -0.3 is 10.5 Å². The van der Waals surface area contributed by atoms with Crippen LogP contribution in [0, 0.1) is 5.92 Å². The van der Waals surface area contributed by atoms with Gasteiger partial charge in [0.15, 0.2) is 0 Å². The lowest BCUT2D eigenvalue weighted by molar-refractivity contribution is 0.202. The first-order valence-electron chi connectivity index (χ1n) is 6.51. The average Bonchev–Trinajstić information content (AvgIpc) is 2.71. The van der Waals surface area contributed by atoms with Gasteiger partial charge in [0.25, 0.3) is 0 Å². The molecule has 2 unspecified atom stereocenters. The molecule has 1 fully saturated rings. The molecule has 4 heteroatoms. The molecule has 1 heterocycles. The molecule has 0 spiro atoms. The minimum absolute atomic E-state index is 0.613. The second kappa shape index (κ2) is 6.41. The number of ether oxygens (including phenoxy) is 1. The fraction of sp³-hybridized carbons (Fsp3) is 0.571. The van der Waals surface area contributed by atoms with Gasteiger partial charge in [0.2, 0.25) is 0 Å². The van der Waals surface area contributed by atoms with Gasteiger partial charge in [-0.1, -0.05) is 17.7 Å². The summed E-state index contributed by atoms with van der Waals surface area (Å²) in [6.45, 7) is 5.79. The summed E-state index contributed by atoms with van der Waals surface area (Å²) < 4.78 is 5.71. The smallest absolute Gasteiger partial charge is 0.120 e. The van der Waals surface area contributed by atoms with Crippen LogP contribution in [0.2, 0.25) is 5.02 Å². The van der Waals surface area contributed by atoms with Crippen molar-refractivity contribution >= 4 is 11.6 Å². The molecule has 0 saturated carbocycles. The number of nitrogens with two attached hydrogens (primary N) is 1. The minimum Gasteiger partial charge on any atom is -0.492 e. The van der Waals surface area contributed by atoms with E-state index in [0.29, 0.717) is 23.6 Å². The Labute approximate surface area is 114 Å². The molecule has 3 nitrogen and oxygen atoms in total. The molecule has 0 amide bonds. The van der Waals surface area contributed by atoms with Crippen molar-refractivity contribution in [1.29, 1.82) is 0 Å². The predicted molar refractivity (Wildman–Crippen MR) is 75.1 cm³/mol. The Morgan fingerprint density at radius 2 is 2.33 bits per heavy atom. The van der Waals surface area contributed by atoms with Gasteiger partial charge in [-0.05, 0) is 44.0 Å². The number of benzene rings is 1. The van der Waals surface area contributed by atoms with Crippen molar-refractivity contribution < 1.29 is 4.74 Å². The van der Waals surface area contributed by atoms with Crippen LogP contribution in [-0.4, -0.2) is 37.2 Å². The molecule has 1 aromatic rings. The molecule has 2 atom stereocenters. The van der Waals surface area contributed by atoms with E-state index in [1.807, 2.05) is 24.3 Å². The van der Waals surface area contributed by atoms with Crippen molar-refractivity contribution in [3.8, 4) is 5.75 Å². The van der Waals surface area contributed by atoms with Gasteiger partial charge in [-0.2, -0.15) is 0 Å². The van der Waals surface area contributed by atoms with E-state index in [0.717, 1.165) is 25.4 Å². The molecule has 1 aliphatic rings. The third-order valence-electron chi connectivity index (χ3n) is 3.57. The largest absolute Gasteiger partial charge is 0.492 e. The maximum Gasteiger partial charge on any atom is 0.120 e. The number of likely N-dealkylation sites (tertiary alicyclic amines) is 1. The lowest BCUT2D eigenvalue weighted by Gasteiger charge is -2.21. The standard InChI is InChI=1S/C14H21ClN2O/c1-11-7-12(9-16)10-17(11)5-6-18-14-4-2-3-13(15)8-14/h2-4,8,11-12H,5-7,9-10,16H2,1H3. The second-order valence-electron chi connectivity index (χ2n) is 4.99. The number of hydrogen-bond donors (Lipinski definition) is 1. The van der Waals surface area contributed by atoms with Crippen molar-refractivity contribution in [2.45, 2.75) is 19.4 Å². The molecule has 0 aliphatic carbocycles. The highest BCUT2D eigenvalue weighted by Gasteiger charge is 2.27. The molecule has 0 radical (unpaired) electrons. The molecule has 1 saturated heterocycles. The summed E-state index contributed by atoms with van der Waals surface area (Å²) in [7, 11) is 0. The van der Waals surface area contributed by atoms with E-state index in [1.54, 1.807) is 0 Å². The molecular formula is C14H21ClN2O. The average molecular weight is 269 g/mol. The first-order valence-corrected chi connectivity index (χ1v) is 6.89. The van der Waals surface area contributed by atoms with Gasteiger partial charge in [0, 0.05) is 24.2 Å². The van der Waals surface area contributed by atoms with E-state index in [2.05, 4.69) is 11.8 Å². The van der Waals surface area contributed by atoms with Crippen molar-refractivity contribution in [2.24, 2.45) is 11.7 Å². The van der Waals surface area contributed by atoms with Gasteiger partial charge in [0.05, 0.1) is 0 Å². The van der Waals surface area contributed by atoms with Crippen molar-refractivity contribution in [3.63, 3.8) is 0 Å². The Hall–Kier alpha value is -0.770. The summed E-state index contributed by atoms with van der Waals surface area (Å²) in [5.74, 6) is 1.48. The zero-order valence-corrected chi connectivity index (χ0v) is 11.6. The zero-order valence-electron chi connectivity index (χ0n) is 10.8. The summed E-state index contributed by atoms with van der Waals surface area (Å²) >= 11 is 5.91. The van der Waals surface area contributed by atoms with Crippen LogP contribution in [0.1, 0.15) is 13.3 Å². The van der Waals surface area contributed by atoms with Crippen LogP contribution in [0.25, 0.3) is 0 Å². The van der Waals surface area contributed by atoms with Crippen LogP contribution >= 0.6 is 11.6 Å². The second-order valence-corrected chi connectivity index (χ2v) is 5.42. The predicted octanol–water partition coefficient (Wildman–Crippen LogP) is 2.39. The lowest BCUT2D eigenvalue weighted by atomic mass is 10.1. The van der Waals surface area contributed by atoms with Crippen molar-refractivity contribution in [3.05, 3.63) is 29.3 Å². The number of rotatable bonds is 5. The molecule has 0 bridgehead atoms. The highest BCUT2D eigenvalue weighted by molar-refractivity contribution is 6.30. The Kier molecular flexibility index (Phi) is 4.87. The molecule has 100 valence electrons. The number of hydrogen-bond acceptors (Lipinski definition) is 3. The van der Waals surface area contributed by atoms with Gasteiger partial charge in [-0.25, -0.2) is 0 Å². The minimum atomic E-state index is 0.613. The quantitative estimate of drug-likeness (QED) is 0.891. The Bertz CT molecular complexity index is 386. The molecule has 0 aromatic heterocycles. The molecule has 2 rings (SSSR count). The van der Waals surface area contributed by atoms with E-state index >= 15 is 0 Å². The Morgan fingerprint density at radius 3 is 3.00 bits per heavy atom. The SMILES string of the molecule is CC1CC(CN)CN1CCOc1cccc(Cl)c1. The maximum atomic E-state index is 5.91. The fourth-order valence-corrected chi connectivity index (χ4v) is 2.72. The third-order valence-corrected chi connectivity index (χ3v) is 3.80. The molecular weight excluding hydrogens is 248 g/mol. The highest BCUT2D eigenvalue weighted by Crippen LogP contribution is 2.22. The lowest BCUT2D eigenvalue weighted by Crippen LogP contribution is -2.32. The van der Waals surface area contributed by atoms with Gasteiger partial charge in [-0.3, -0.25) is 4.90 Å². The maximum absolute atomic E-state index is 5.91. The van der Waals surface area contributed by atoms with Crippen molar-refractivity contribution in [1.82, 2.24) is 4.90 Å². The molecule has 1 aliphatic heterocycles. The highest BCUT2D eigenvalue weighted by atomic mass is 35.5. The fourth-order valence-electron chi connectivity index (χ4n) is 2.54. The van der Waals surface area contributed by atoms with Gasteiger partial charge in [0.1, 0.15) is 12.4 Å². The van der Waals surface area contributed by atoms with Crippen LogP contribution in [0.5, 0.6) is 5.75 Å². The summed E-state index contributed by atoms with van der Waals surface area (Å²) in [6.07, 6.45) is 1.20. The van der Waals surface area contributed by atoms with Gasteiger partial charge in [-0.15, -0.1) is 0 Å². The van der Waals surface area contributed by atoms with Crippen LogP contribution in [0.15, 0.2) is 24.3 Å². The van der Waals surface area contributed by atoms with E-state index in [-0.39, 0.29) is 0 Å². The van der Waals surface area contributed by atoms with Crippen LogP contribution < -0.4 is 10.5 Å². The zero-order chi connectivity index (χ0) is 13.0. The van der Waals surface area contributed by atoms with Crippen LogP contribution in [0.4, 0.5) is 0 Å². The molecule has 1 aromatic carbocycles. The number of halogens is 1. The first kappa shape index (κ1) is 13.7. The van der Waals surface area contributed by atoms with E-state index in [1.165, 1.54) is 6.42 Å². The topological polar surface area (TPSA) is 38.5 Å². The monoisotopic (exact) mass is 268 g/mol. The summed E-state index contributed by atoms with van der Waals surface area (Å²) in [4.78, 5) is 2.45. The third kappa shape index (κ3) is 3.61. The van der Waals surface area contributed by atoms with E-state index < -0.39 is 0 Å². The van der Waals surface area contributed by atoms with E-state index in [9.17, 15) is 0 Å². The summed E-state index contributed by atoms with van der Waals surface area (Å²) in [6, 6.07) is 8.14. The number of nitrogens with zero attached hydrogens (tertiary/aromatic N) is 1. The first-order chi connectivity index (χ1) is 8.69. The van der Waals surface area contributed by atoms with Crippen LogP contribution in [0.3, 0.4) is 0 Å². The Morgan fingerprint density at radius 1 is 1.50 bits per heavy atom. The normalized spacial score (nSPS) is 24.4. The summed E-state index contributed by atoms with van der Waals surface area (Å²) in [5, 5.41) is 0.713. The molecule has 2 N–H and O–H groups in total. The molecule has 18 heavy (non-hydrogen) atoms. The van der Waals surface area contributed by atoms with Gasteiger partial charge >= 0.3 is 0 Å².